The summed E-state index contributed by atoms with van der Waals surface area (Å²) < 4.78 is 65.4. The van der Waals surface area contributed by atoms with E-state index in [0.717, 1.165) is 30.6 Å². The number of carboxylic acids is 2. The fraction of sp³-hybridized carbons (Fsp3) is 0.625. The minimum atomic E-state index is -5.08. The van der Waals surface area contributed by atoms with Crippen molar-refractivity contribution < 1.29 is 50.9 Å². The molecule has 0 saturated carbocycles. The van der Waals surface area contributed by atoms with Crippen molar-refractivity contribution in [3.05, 3.63) is 17.5 Å². The summed E-state index contributed by atoms with van der Waals surface area (Å²) in [5.41, 5.74) is 7.55. The number of aryl methyl sites for hydroxylation is 1. The van der Waals surface area contributed by atoms with Crippen molar-refractivity contribution in [1.29, 1.82) is 0 Å². The van der Waals surface area contributed by atoms with Gasteiger partial charge in [0.2, 0.25) is 0 Å². The van der Waals surface area contributed by atoms with Crippen LogP contribution in [0.2, 0.25) is 0 Å². The largest absolute Gasteiger partial charge is 0.490 e. The zero-order chi connectivity index (χ0) is 24.6. The second kappa shape index (κ2) is 11.5. The lowest BCUT2D eigenvalue weighted by molar-refractivity contribution is -0.193. The first kappa shape index (κ1) is 28.2. The van der Waals surface area contributed by atoms with Crippen molar-refractivity contribution in [2.45, 2.75) is 44.6 Å². The summed E-state index contributed by atoms with van der Waals surface area (Å²) >= 11 is 0. The highest BCUT2D eigenvalue weighted by atomic mass is 19.4. The Labute approximate surface area is 172 Å². The Bertz CT molecular complexity index is 739. The van der Waals surface area contributed by atoms with E-state index in [-0.39, 0.29) is 11.8 Å². The van der Waals surface area contributed by atoms with Crippen LogP contribution in [0.1, 0.15) is 41.7 Å². The molecule has 0 bridgehead atoms. The van der Waals surface area contributed by atoms with E-state index in [2.05, 4.69) is 5.10 Å². The van der Waals surface area contributed by atoms with Crippen LogP contribution in [0.3, 0.4) is 0 Å². The molecule has 1 aromatic rings. The van der Waals surface area contributed by atoms with E-state index in [1.165, 1.54) is 0 Å². The minimum Gasteiger partial charge on any atom is -0.475 e. The monoisotopic (exact) mass is 464 g/mol. The summed E-state index contributed by atoms with van der Waals surface area (Å²) in [6.07, 6.45) is -6.33. The average molecular weight is 464 g/mol. The maximum atomic E-state index is 12.2. The van der Waals surface area contributed by atoms with Crippen LogP contribution >= 0.6 is 0 Å². The first-order valence-electron chi connectivity index (χ1n) is 8.69. The fourth-order valence-electron chi connectivity index (χ4n) is 2.37. The standard InChI is InChI=1S/C12H20N4O.2C2HF3O2/c1-3-15(2)12(17)10-8-14-16-6-4-5-9(7-13)11(10)16;2*3-2(4,5)1(6)7/h8-9H,3-7,13H2,1-2H3;2*(H,6,7). The number of hydrogen-bond donors (Lipinski definition) is 3. The lowest BCUT2D eigenvalue weighted by Crippen LogP contribution is -2.30. The van der Waals surface area contributed by atoms with Crippen LogP contribution in [0, 0.1) is 0 Å². The van der Waals surface area contributed by atoms with Crippen LogP contribution in [0.25, 0.3) is 0 Å². The number of halogens is 6. The zero-order valence-electron chi connectivity index (χ0n) is 16.5. The van der Waals surface area contributed by atoms with Crippen LogP contribution in [-0.4, -0.2) is 75.2 Å². The molecule has 0 radical (unpaired) electrons. The summed E-state index contributed by atoms with van der Waals surface area (Å²) in [5, 5.41) is 18.6. The third kappa shape index (κ3) is 8.82. The van der Waals surface area contributed by atoms with Crippen LogP contribution < -0.4 is 5.73 Å². The lowest BCUT2D eigenvalue weighted by atomic mass is 9.93. The maximum absolute atomic E-state index is 12.2. The number of aromatic nitrogens is 2. The van der Waals surface area contributed by atoms with E-state index in [1.807, 2.05) is 18.7 Å². The topological polar surface area (TPSA) is 139 Å². The SMILES string of the molecule is CCN(C)C(=O)c1cnn2c1C(CN)CCC2.O=C(O)C(F)(F)F.O=C(O)C(F)(F)F. The van der Waals surface area contributed by atoms with Crippen molar-refractivity contribution in [1.82, 2.24) is 14.7 Å². The molecule has 178 valence electrons. The van der Waals surface area contributed by atoms with Gasteiger partial charge in [-0.05, 0) is 19.8 Å². The van der Waals surface area contributed by atoms with Gasteiger partial charge >= 0.3 is 24.3 Å². The first-order chi connectivity index (χ1) is 14.1. The Morgan fingerprint density at radius 2 is 1.61 bits per heavy atom. The number of rotatable bonds is 3. The van der Waals surface area contributed by atoms with Gasteiger partial charge in [0.1, 0.15) is 0 Å². The van der Waals surface area contributed by atoms with E-state index in [1.54, 1.807) is 11.1 Å². The van der Waals surface area contributed by atoms with Gasteiger partial charge in [-0.2, -0.15) is 31.4 Å². The zero-order valence-corrected chi connectivity index (χ0v) is 16.5. The summed E-state index contributed by atoms with van der Waals surface area (Å²) in [5.74, 6) is -5.19. The Hall–Kier alpha value is -2.84. The second-order valence-corrected chi connectivity index (χ2v) is 6.17. The molecule has 0 saturated heterocycles. The number of carboxylic acid groups (broad SMARTS) is 2. The van der Waals surface area contributed by atoms with Crippen LogP contribution in [-0.2, 0) is 16.1 Å². The molecular weight excluding hydrogens is 442 g/mol. The number of aliphatic carboxylic acids is 2. The van der Waals surface area contributed by atoms with Gasteiger partial charge < -0.3 is 20.8 Å². The van der Waals surface area contributed by atoms with Crippen molar-refractivity contribution in [2.24, 2.45) is 5.73 Å². The molecular formula is C16H22F6N4O5. The van der Waals surface area contributed by atoms with Gasteiger partial charge in [-0.1, -0.05) is 0 Å². The molecule has 1 unspecified atom stereocenters. The van der Waals surface area contributed by atoms with Crippen LogP contribution in [0.5, 0.6) is 0 Å². The second-order valence-electron chi connectivity index (χ2n) is 6.17. The van der Waals surface area contributed by atoms with Crippen LogP contribution in [0.4, 0.5) is 26.3 Å². The molecule has 2 rings (SSSR count). The number of fused-ring (bicyclic) bond motifs is 1. The summed E-state index contributed by atoms with van der Waals surface area (Å²) in [7, 11) is 1.81. The number of carbonyl (C=O) groups excluding carboxylic acids is 1. The van der Waals surface area contributed by atoms with E-state index in [4.69, 9.17) is 25.5 Å². The molecule has 31 heavy (non-hydrogen) atoms. The number of amides is 1. The van der Waals surface area contributed by atoms with Crippen molar-refractivity contribution >= 4 is 17.8 Å². The molecule has 1 amide bonds. The molecule has 0 fully saturated rings. The molecule has 4 N–H and O–H groups in total. The van der Waals surface area contributed by atoms with Crippen molar-refractivity contribution in [3.63, 3.8) is 0 Å². The highest BCUT2D eigenvalue weighted by molar-refractivity contribution is 5.95. The summed E-state index contributed by atoms with van der Waals surface area (Å²) in [4.78, 5) is 31.7. The number of carbonyl (C=O) groups is 3. The Kier molecular flexibility index (Phi) is 10.5. The molecule has 1 aliphatic rings. The van der Waals surface area contributed by atoms with Crippen molar-refractivity contribution in [2.75, 3.05) is 20.1 Å². The number of nitrogens with zero attached hydrogens (tertiary/aromatic N) is 3. The molecule has 9 nitrogen and oxygen atoms in total. The lowest BCUT2D eigenvalue weighted by Gasteiger charge is -2.24. The van der Waals surface area contributed by atoms with Gasteiger partial charge in [0.25, 0.3) is 5.91 Å². The number of alkyl halides is 6. The predicted molar refractivity (Wildman–Crippen MR) is 93.3 cm³/mol. The Morgan fingerprint density at radius 1 is 1.16 bits per heavy atom. The number of nitrogens with two attached hydrogens (primary N) is 1. The van der Waals surface area contributed by atoms with Gasteiger partial charge in [0, 0.05) is 32.6 Å². The van der Waals surface area contributed by atoms with Gasteiger partial charge in [-0.3, -0.25) is 9.48 Å². The quantitative estimate of drug-likeness (QED) is 0.582. The molecule has 15 heteroatoms. The fourth-order valence-corrected chi connectivity index (χ4v) is 2.37. The van der Waals surface area contributed by atoms with E-state index in [0.29, 0.717) is 13.1 Å². The number of hydrogen-bond acceptors (Lipinski definition) is 5. The molecule has 2 heterocycles. The third-order valence-corrected chi connectivity index (χ3v) is 4.01. The molecule has 0 spiro atoms. The van der Waals surface area contributed by atoms with Gasteiger partial charge in [0.05, 0.1) is 17.5 Å². The van der Waals surface area contributed by atoms with E-state index < -0.39 is 24.3 Å². The molecule has 1 atom stereocenters. The minimum absolute atomic E-state index is 0.0501. The normalized spacial score (nSPS) is 15.5. The van der Waals surface area contributed by atoms with Gasteiger partial charge in [-0.25, -0.2) is 9.59 Å². The molecule has 1 aromatic heterocycles. The summed E-state index contributed by atoms with van der Waals surface area (Å²) in [6, 6.07) is 0. The molecule has 1 aliphatic heterocycles. The maximum Gasteiger partial charge on any atom is 0.490 e. The third-order valence-electron chi connectivity index (χ3n) is 4.01. The van der Waals surface area contributed by atoms with Gasteiger partial charge in [0.15, 0.2) is 0 Å². The van der Waals surface area contributed by atoms with Crippen molar-refractivity contribution in [3.8, 4) is 0 Å². The first-order valence-corrected chi connectivity index (χ1v) is 8.69. The Balaban J connectivity index is 0.000000536. The van der Waals surface area contributed by atoms with E-state index in [9.17, 15) is 31.1 Å². The highest BCUT2D eigenvalue weighted by Crippen LogP contribution is 2.29. The van der Waals surface area contributed by atoms with E-state index >= 15 is 0 Å². The highest BCUT2D eigenvalue weighted by Gasteiger charge is 2.38. The molecule has 0 aliphatic carbocycles. The Morgan fingerprint density at radius 3 is 1.97 bits per heavy atom. The van der Waals surface area contributed by atoms with Crippen LogP contribution in [0.15, 0.2) is 6.20 Å². The predicted octanol–water partition coefficient (Wildman–Crippen LogP) is 2.08. The smallest absolute Gasteiger partial charge is 0.475 e. The molecule has 0 aromatic carbocycles. The summed E-state index contributed by atoms with van der Waals surface area (Å²) in [6.45, 7) is 4.15. The van der Waals surface area contributed by atoms with Gasteiger partial charge in [-0.15, -0.1) is 0 Å². The average Bonchev–Trinajstić information content (AvgIpc) is 3.10.